The summed E-state index contributed by atoms with van der Waals surface area (Å²) in [5.74, 6) is -0.104. The van der Waals surface area contributed by atoms with Crippen LogP contribution in [-0.2, 0) is 0 Å². The number of hydrogen-bond acceptors (Lipinski definition) is 3. The maximum atomic E-state index is 13.6. The topological polar surface area (TPSA) is 21.6 Å². The summed E-state index contributed by atoms with van der Waals surface area (Å²) in [7, 11) is 1.46. The van der Waals surface area contributed by atoms with E-state index in [1.165, 1.54) is 23.3 Å². The van der Waals surface area contributed by atoms with E-state index in [1.54, 1.807) is 17.4 Å². The van der Waals surface area contributed by atoms with Gasteiger partial charge in [0.1, 0.15) is 0 Å². The zero-order valence-corrected chi connectivity index (χ0v) is 13.5. The Balaban J connectivity index is 1.63. The van der Waals surface area contributed by atoms with Crippen LogP contribution >= 0.6 is 11.3 Å². The van der Waals surface area contributed by atoms with Gasteiger partial charge < -0.3 is 4.74 Å². The summed E-state index contributed by atoms with van der Waals surface area (Å²) in [6.07, 6.45) is 5.65. The summed E-state index contributed by atoms with van der Waals surface area (Å²) in [6, 6.07) is 13.2. The number of halogens is 1. The number of nitrogens with zero attached hydrogens (tertiary/aromatic N) is 1. The highest BCUT2D eigenvalue weighted by Gasteiger charge is 2.01. The molecule has 0 atom stereocenters. The predicted molar refractivity (Wildman–Crippen MR) is 96.3 cm³/mol. The van der Waals surface area contributed by atoms with E-state index in [0.717, 1.165) is 11.1 Å². The number of ether oxygens (including phenoxy) is 1. The van der Waals surface area contributed by atoms with E-state index in [2.05, 4.69) is 22.5 Å². The van der Waals surface area contributed by atoms with Crippen LogP contribution in [0.4, 0.5) is 4.39 Å². The molecule has 3 rings (SSSR count). The van der Waals surface area contributed by atoms with Crippen LogP contribution in [0.15, 0.2) is 58.9 Å². The molecule has 116 valence electrons. The Bertz CT molecular complexity index is 867. The van der Waals surface area contributed by atoms with Crippen molar-refractivity contribution in [2.45, 2.75) is 0 Å². The Kier molecular flexibility index (Phi) is 4.83. The number of aliphatic imine (C=N–C) groups is 1. The summed E-state index contributed by atoms with van der Waals surface area (Å²) in [5, 5.41) is 3.33. The van der Waals surface area contributed by atoms with E-state index < -0.39 is 0 Å². The number of fused-ring (bicyclic) bond motifs is 1. The van der Waals surface area contributed by atoms with Gasteiger partial charge in [0.05, 0.1) is 13.7 Å². The Hall–Kier alpha value is -2.46. The number of benzene rings is 2. The fraction of sp³-hybridized carbons (Fsp3) is 0.105. The largest absolute Gasteiger partial charge is 0.494 e. The molecule has 3 aromatic rings. The van der Waals surface area contributed by atoms with Crippen molar-refractivity contribution in [2.75, 3.05) is 13.7 Å². The third-order valence-corrected chi connectivity index (χ3v) is 4.42. The molecule has 2 aromatic carbocycles. The molecular formula is C19H16FNOS. The summed E-state index contributed by atoms with van der Waals surface area (Å²) < 4.78 is 19.7. The number of thiophene rings is 1. The average molecular weight is 325 g/mol. The molecule has 0 fully saturated rings. The fourth-order valence-corrected chi connectivity index (χ4v) is 3.20. The SMILES string of the molecule is COc1ccc(C=CCN=Cc2csc3ccccc23)cc1F. The first kappa shape index (κ1) is 15.4. The van der Waals surface area contributed by atoms with Crippen molar-refractivity contribution in [2.24, 2.45) is 4.99 Å². The van der Waals surface area contributed by atoms with E-state index in [0.29, 0.717) is 6.54 Å². The second-order valence-corrected chi connectivity index (χ2v) is 5.89. The van der Waals surface area contributed by atoms with Crippen LogP contribution in [0.25, 0.3) is 16.2 Å². The molecule has 4 heteroatoms. The zero-order valence-electron chi connectivity index (χ0n) is 12.7. The molecule has 2 nitrogen and oxygen atoms in total. The van der Waals surface area contributed by atoms with Crippen LogP contribution in [-0.4, -0.2) is 19.9 Å². The maximum absolute atomic E-state index is 13.6. The standard InChI is InChI=1S/C19H16FNOS/c1-22-18-9-8-14(11-17(18)20)5-4-10-21-12-15-13-23-19-7-3-2-6-16(15)19/h2-9,11-13H,10H2,1H3. The van der Waals surface area contributed by atoms with E-state index in [1.807, 2.05) is 36.6 Å². The van der Waals surface area contributed by atoms with Crippen molar-refractivity contribution in [1.82, 2.24) is 0 Å². The molecule has 0 amide bonds. The van der Waals surface area contributed by atoms with Crippen molar-refractivity contribution in [1.29, 1.82) is 0 Å². The van der Waals surface area contributed by atoms with Crippen LogP contribution in [0.1, 0.15) is 11.1 Å². The van der Waals surface area contributed by atoms with E-state index in [9.17, 15) is 4.39 Å². The van der Waals surface area contributed by atoms with Gasteiger partial charge in [0.15, 0.2) is 11.6 Å². The summed E-state index contributed by atoms with van der Waals surface area (Å²) in [5.41, 5.74) is 1.92. The minimum Gasteiger partial charge on any atom is -0.494 e. The van der Waals surface area contributed by atoms with Gasteiger partial charge in [-0.2, -0.15) is 0 Å². The fourth-order valence-electron chi connectivity index (χ4n) is 2.29. The molecule has 0 saturated heterocycles. The Morgan fingerprint density at radius 2 is 2.09 bits per heavy atom. The lowest BCUT2D eigenvalue weighted by Crippen LogP contribution is -1.88. The van der Waals surface area contributed by atoms with Gasteiger partial charge in [-0.15, -0.1) is 11.3 Å². The van der Waals surface area contributed by atoms with Crippen molar-refractivity contribution in [3.8, 4) is 5.75 Å². The quantitative estimate of drug-likeness (QED) is 0.592. The summed E-state index contributed by atoms with van der Waals surface area (Å²) >= 11 is 1.72. The highest BCUT2D eigenvalue weighted by Crippen LogP contribution is 2.24. The molecule has 0 spiro atoms. The van der Waals surface area contributed by atoms with Crippen LogP contribution in [0.3, 0.4) is 0 Å². The summed E-state index contributed by atoms with van der Waals surface area (Å²) in [4.78, 5) is 4.41. The predicted octanol–water partition coefficient (Wildman–Crippen LogP) is 5.18. The van der Waals surface area contributed by atoms with Crippen LogP contribution in [0.5, 0.6) is 5.75 Å². The normalized spacial score (nSPS) is 11.7. The second kappa shape index (κ2) is 7.20. The van der Waals surface area contributed by atoms with E-state index in [-0.39, 0.29) is 11.6 Å². The molecule has 0 aliphatic heterocycles. The van der Waals surface area contributed by atoms with E-state index in [4.69, 9.17) is 4.74 Å². The zero-order chi connectivity index (χ0) is 16.1. The number of methoxy groups -OCH3 is 1. The second-order valence-electron chi connectivity index (χ2n) is 4.98. The van der Waals surface area contributed by atoms with Gasteiger partial charge in [-0.25, -0.2) is 4.39 Å². The molecule has 1 heterocycles. The number of hydrogen-bond donors (Lipinski definition) is 0. The molecule has 0 radical (unpaired) electrons. The van der Waals surface area contributed by atoms with Gasteiger partial charge in [0.2, 0.25) is 0 Å². The van der Waals surface area contributed by atoms with Gasteiger partial charge >= 0.3 is 0 Å². The smallest absolute Gasteiger partial charge is 0.165 e. The van der Waals surface area contributed by atoms with Crippen molar-refractivity contribution in [3.63, 3.8) is 0 Å². The Labute approximate surface area is 138 Å². The first-order valence-corrected chi connectivity index (χ1v) is 8.12. The highest BCUT2D eigenvalue weighted by atomic mass is 32.1. The minimum absolute atomic E-state index is 0.254. The first-order chi connectivity index (χ1) is 11.3. The molecule has 0 aliphatic carbocycles. The molecule has 0 N–H and O–H groups in total. The van der Waals surface area contributed by atoms with Crippen molar-refractivity contribution in [3.05, 3.63) is 70.9 Å². The minimum atomic E-state index is -0.358. The molecule has 0 aliphatic rings. The molecule has 0 bridgehead atoms. The lowest BCUT2D eigenvalue weighted by atomic mass is 10.2. The van der Waals surface area contributed by atoms with Gasteiger partial charge in [0.25, 0.3) is 0 Å². The van der Waals surface area contributed by atoms with Crippen LogP contribution in [0, 0.1) is 5.82 Å². The highest BCUT2D eigenvalue weighted by molar-refractivity contribution is 7.17. The van der Waals surface area contributed by atoms with Crippen LogP contribution < -0.4 is 4.74 Å². The lowest BCUT2D eigenvalue weighted by Gasteiger charge is -2.01. The lowest BCUT2D eigenvalue weighted by molar-refractivity contribution is 0.386. The van der Waals surface area contributed by atoms with Gasteiger partial charge in [0, 0.05) is 27.2 Å². The monoisotopic (exact) mass is 325 g/mol. The molecule has 0 unspecified atom stereocenters. The van der Waals surface area contributed by atoms with Gasteiger partial charge in [-0.3, -0.25) is 4.99 Å². The molecule has 0 saturated carbocycles. The average Bonchev–Trinajstić information content (AvgIpc) is 2.98. The van der Waals surface area contributed by atoms with E-state index >= 15 is 0 Å². The summed E-state index contributed by atoms with van der Waals surface area (Å²) in [6.45, 7) is 0.553. The van der Waals surface area contributed by atoms with Crippen molar-refractivity contribution < 1.29 is 9.13 Å². The van der Waals surface area contributed by atoms with Gasteiger partial charge in [-0.1, -0.05) is 36.4 Å². The third kappa shape index (κ3) is 3.66. The Morgan fingerprint density at radius 3 is 2.91 bits per heavy atom. The van der Waals surface area contributed by atoms with Gasteiger partial charge in [-0.05, 0) is 23.8 Å². The van der Waals surface area contributed by atoms with Crippen LogP contribution in [0.2, 0.25) is 0 Å². The number of rotatable bonds is 5. The molecular weight excluding hydrogens is 309 g/mol. The first-order valence-electron chi connectivity index (χ1n) is 7.24. The Morgan fingerprint density at radius 1 is 1.22 bits per heavy atom. The maximum Gasteiger partial charge on any atom is 0.165 e. The molecule has 1 aromatic heterocycles. The van der Waals surface area contributed by atoms with Crippen molar-refractivity contribution >= 4 is 33.7 Å². The third-order valence-electron chi connectivity index (χ3n) is 3.44. The molecule has 23 heavy (non-hydrogen) atoms.